The van der Waals surface area contributed by atoms with Crippen LogP contribution < -0.4 is 5.32 Å². The molecule has 0 unspecified atom stereocenters. The van der Waals surface area contributed by atoms with Crippen molar-refractivity contribution in [3.8, 4) is 0 Å². The Labute approximate surface area is 50.5 Å². The van der Waals surface area contributed by atoms with Crippen LogP contribution in [0.1, 0.15) is 12.8 Å². The normalized spacial score (nSPS) is 45.0. The van der Waals surface area contributed by atoms with Gasteiger partial charge in [0.1, 0.15) is 0 Å². The van der Waals surface area contributed by atoms with Crippen molar-refractivity contribution >= 4 is 0 Å². The molecule has 2 fully saturated rings. The van der Waals surface area contributed by atoms with E-state index in [-0.39, 0.29) is 0 Å². The van der Waals surface area contributed by atoms with Crippen molar-refractivity contribution in [1.82, 2.24) is 5.32 Å². The van der Waals surface area contributed by atoms with Gasteiger partial charge in [0.15, 0.2) is 0 Å². The summed E-state index contributed by atoms with van der Waals surface area (Å²) in [6.07, 6.45) is 5.29. The summed E-state index contributed by atoms with van der Waals surface area (Å²) in [6, 6.07) is 0. The van der Waals surface area contributed by atoms with Gasteiger partial charge in [-0.2, -0.15) is 0 Å². The summed E-state index contributed by atoms with van der Waals surface area (Å²) in [5, 5.41) is 3.39. The van der Waals surface area contributed by atoms with Crippen molar-refractivity contribution in [1.29, 1.82) is 0 Å². The molecule has 1 aliphatic carbocycles. The van der Waals surface area contributed by atoms with Crippen LogP contribution in [0, 0.1) is 18.3 Å². The van der Waals surface area contributed by atoms with Gasteiger partial charge in [-0.1, -0.05) is 0 Å². The number of hydrogen-bond donors (Lipinski definition) is 1. The maximum Gasteiger partial charge on any atom is -0.00145 e. The molecule has 1 radical (unpaired) electrons. The molecule has 1 heterocycles. The minimum atomic E-state index is 0.940. The summed E-state index contributed by atoms with van der Waals surface area (Å²) >= 11 is 0. The number of hydrogen-bond acceptors (Lipinski definition) is 1. The van der Waals surface area contributed by atoms with Gasteiger partial charge < -0.3 is 5.32 Å². The van der Waals surface area contributed by atoms with Crippen LogP contribution in [0.5, 0.6) is 0 Å². The predicted octanol–water partition coefficient (Wildman–Crippen LogP) is 0.820. The molecule has 1 saturated heterocycles. The van der Waals surface area contributed by atoms with Gasteiger partial charge in [-0.05, 0) is 44.2 Å². The van der Waals surface area contributed by atoms with E-state index in [1.807, 2.05) is 0 Å². The molecule has 0 spiro atoms. The molecule has 45 valence electrons. The summed E-state index contributed by atoms with van der Waals surface area (Å²) in [5.74, 6) is 1.95. The van der Waals surface area contributed by atoms with Crippen LogP contribution in [-0.4, -0.2) is 13.1 Å². The highest BCUT2D eigenvalue weighted by atomic mass is 14.9. The smallest absolute Gasteiger partial charge is 0.00145 e. The molecule has 1 nitrogen and oxygen atoms in total. The predicted molar refractivity (Wildman–Crippen MR) is 33.4 cm³/mol. The highest BCUT2D eigenvalue weighted by molar-refractivity contribution is 4.96. The quantitative estimate of drug-likeness (QED) is 0.487. The average Bonchev–Trinajstić information content (AvgIpc) is 2.15. The molecule has 2 rings (SSSR count). The Bertz CT molecular complexity index is 70.4. The molecule has 1 heteroatoms. The fourth-order valence-corrected chi connectivity index (χ4v) is 1.87. The van der Waals surface area contributed by atoms with E-state index in [9.17, 15) is 0 Å². The lowest BCUT2D eigenvalue weighted by Gasteiger charge is -2.02. The van der Waals surface area contributed by atoms with E-state index in [1.54, 1.807) is 0 Å². The second kappa shape index (κ2) is 1.73. The van der Waals surface area contributed by atoms with Gasteiger partial charge in [0.2, 0.25) is 0 Å². The summed E-state index contributed by atoms with van der Waals surface area (Å²) in [7, 11) is 0. The number of rotatable bonds is 0. The fraction of sp³-hybridized carbons (Fsp3) is 0.857. The standard InChI is InChI=1S/C7H12N/c1-2-6-4-8-5-7(6)3-1/h2,6-8H,1,3-5H2/t6-,7+/m0/s1. The molecule has 2 aliphatic rings. The molecule has 2 atom stereocenters. The Kier molecular flexibility index (Phi) is 1.04. The zero-order chi connectivity index (χ0) is 5.40. The molecule has 0 aromatic carbocycles. The first-order valence-corrected chi connectivity index (χ1v) is 3.51. The van der Waals surface area contributed by atoms with Gasteiger partial charge in [0.05, 0.1) is 0 Å². The Morgan fingerprint density at radius 3 is 3.25 bits per heavy atom. The second-order valence-corrected chi connectivity index (χ2v) is 2.90. The Balaban J connectivity index is 2.04. The highest BCUT2D eigenvalue weighted by Gasteiger charge is 2.30. The van der Waals surface area contributed by atoms with E-state index < -0.39 is 0 Å². The third-order valence-electron chi connectivity index (χ3n) is 2.40. The first-order chi connectivity index (χ1) is 3.97. The van der Waals surface area contributed by atoms with Crippen molar-refractivity contribution in [2.75, 3.05) is 13.1 Å². The van der Waals surface area contributed by atoms with Crippen molar-refractivity contribution in [3.63, 3.8) is 0 Å². The van der Waals surface area contributed by atoms with E-state index in [0.29, 0.717) is 0 Å². The summed E-state index contributed by atoms with van der Waals surface area (Å²) in [4.78, 5) is 0. The van der Waals surface area contributed by atoms with Gasteiger partial charge in [0, 0.05) is 0 Å². The zero-order valence-corrected chi connectivity index (χ0v) is 5.06. The lowest BCUT2D eigenvalue weighted by molar-refractivity contribution is 0.526. The maximum absolute atomic E-state index is 3.39. The van der Waals surface area contributed by atoms with Crippen LogP contribution >= 0.6 is 0 Å². The van der Waals surface area contributed by atoms with E-state index in [0.717, 1.165) is 11.8 Å². The molecule has 1 saturated carbocycles. The van der Waals surface area contributed by atoms with Crippen LogP contribution in [0.15, 0.2) is 0 Å². The summed E-state index contributed by atoms with van der Waals surface area (Å²) < 4.78 is 0. The Morgan fingerprint density at radius 1 is 1.38 bits per heavy atom. The van der Waals surface area contributed by atoms with E-state index in [1.165, 1.54) is 25.9 Å². The Morgan fingerprint density at radius 2 is 2.38 bits per heavy atom. The van der Waals surface area contributed by atoms with E-state index in [4.69, 9.17) is 0 Å². The summed E-state index contributed by atoms with van der Waals surface area (Å²) in [5.41, 5.74) is 0. The first kappa shape index (κ1) is 4.80. The number of fused-ring (bicyclic) bond motifs is 1. The second-order valence-electron chi connectivity index (χ2n) is 2.90. The minimum Gasteiger partial charge on any atom is -0.316 e. The van der Waals surface area contributed by atoms with Crippen LogP contribution in [0.4, 0.5) is 0 Å². The van der Waals surface area contributed by atoms with Crippen LogP contribution in [-0.2, 0) is 0 Å². The fourth-order valence-electron chi connectivity index (χ4n) is 1.87. The van der Waals surface area contributed by atoms with Crippen LogP contribution in [0.25, 0.3) is 0 Å². The Hall–Kier alpha value is -0.0400. The minimum absolute atomic E-state index is 0.940. The lowest BCUT2D eigenvalue weighted by atomic mass is 10.0. The SMILES string of the molecule is [CH]1CC[C@@H]2CNC[C@H]12. The van der Waals surface area contributed by atoms with Gasteiger partial charge in [-0.3, -0.25) is 0 Å². The third-order valence-corrected chi connectivity index (χ3v) is 2.40. The molecule has 0 amide bonds. The molecule has 0 bridgehead atoms. The topological polar surface area (TPSA) is 12.0 Å². The highest BCUT2D eigenvalue weighted by Crippen LogP contribution is 2.32. The third kappa shape index (κ3) is 0.576. The first-order valence-electron chi connectivity index (χ1n) is 3.51. The largest absolute Gasteiger partial charge is 0.316 e. The molecule has 0 aromatic heterocycles. The van der Waals surface area contributed by atoms with Crippen LogP contribution in [0.2, 0.25) is 0 Å². The zero-order valence-electron chi connectivity index (χ0n) is 5.06. The van der Waals surface area contributed by atoms with Gasteiger partial charge in [-0.15, -0.1) is 0 Å². The van der Waals surface area contributed by atoms with Gasteiger partial charge in [-0.25, -0.2) is 0 Å². The monoisotopic (exact) mass is 110 g/mol. The molecule has 8 heavy (non-hydrogen) atoms. The van der Waals surface area contributed by atoms with Crippen molar-refractivity contribution < 1.29 is 0 Å². The van der Waals surface area contributed by atoms with E-state index in [2.05, 4.69) is 11.7 Å². The lowest BCUT2D eigenvalue weighted by Crippen LogP contribution is -2.09. The average molecular weight is 110 g/mol. The molecular formula is C7H12N. The van der Waals surface area contributed by atoms with E-state index >= 15 is 0 Å². The maximum atomic E-state index is 3.39. The van der Waals surface area contributed by atoms with Gasteiger partial charge >= 0.3 is 0 Å². The molecule has 0 aromatic rings. The van der Waals surface area contributed by atoms with Crippen molar-refractivity contribution in [2.45, 2.75) is 12.8 Å². The van der Waals surface area contributed by atoms with Crippen molar-refractivity contribution in [2.24, 2.45) is 11.8 Å². The summed E-state index contributed by atoms with van der Waals surface area (Å²) in [6.45, 7) is 2.53. The molecular weight excluding hydrogens is 98.1 g/mol. The molecule has 1 N–H and O–H groups in total. The van der Waals surface area contributed by atoms with Gasteiger partial charge in [0.25, 0.3) is 0 Å². The van der Waals surface area contributed by atoms with Crippen molar-refractivity contribution in [3.05, 3.63) is 6.42 Å². The van der Waals surface area contributed by atoms with Crippen LogP contribution in [0.3, 0.4) is 0 Å². The number of nitrogens with one attached hydrogen (secondary N) is 1. The molecule has 1 aliphatic heterocycles.